The van der Waals surface area contributed by atoms with E-state index in [2.05, 4.69) is 32.3 Å². The van der Waals surface area contributed by atoms with E-state index in [0.29, 0.717) is 24.7 Å². The molecule has 0 spiro atoms. The molecule has 3 aromatic rings. The van der Waals surface area contributed by atoms with Crippen LogP contribution in [0.1, 0.15) is 42.0 Å². The van der Waals surface area contributed by atoms with E-state index < -0.39 is 0 Å². The molecule has 3 aromatic carbocycles. The number of nitrogens with zero attached hydrogens (tertiary/aromatic N) is 1. The minimum Gasteiger partial charge on any atom is -0.488 e. The van der Waals surface area contributed by atoms with Crippen molar-refractivity contribution in [2.45, 2.75) is 33.0 Å². The van der Waals surface area contributed by atoms with Crippen molar-refractivity contribution in [3.8, 4) is 11.5 Å². The van der Waals surface area contributed by atoms with E-state index in [0.717, 1.165) is 28.0 Å². The number of hydrogen-bond donors (Lipinski definition) is 0. The van der Waals surface area contributed by atoms with Crippen LogP contribution in [0.2, 0.25) is 0 Å². The van der Waals surface area contributed by atoms with Crippen LogP contribution >= 0.6 is 0 Å². The van der Waals surface area contributed by atoms with Gasteiger partial charge < -0.3 is 14.3 Å². The molecule has 154 valence electrons. The highest BCUT2D eigenvalue weighted by atomic mass is 16.6. The van der Waals surface area contributed by atoms with Gasteiger partial charge in [-0.25, -0.2) is 0 Å². The second kappa shape index (κ2) is 10.3. The van der Waals surface area contributed by atoms with Gasteiger partial charge in [0.1, 0.15) is 24.7 Å². The summed E-state index contributed by atoms with van der Waals surface area (Å²) in [6.45, 7) is 12.5. The summed E-state index contributed by atoms with van der Waals surface area (Å²) in [5.41, 5.74) is 3.94. The van der Waals surface area contributed by atoms with Crippen LogP contribution in [0.25, 0.3) is 5.76 Å². The maximum atomic E-state index is 6.19. The zero-order chi connectivity index (χ0) is 21.3. The lowest BCUT2D eigenvalue weighted by molar-refractivity contribution is 0.278. The molecule has 0 heterocycles. The molecule has 0 N–H and O–H groups in total. The second-order valence-electron chi connectivity index (χ2n) is 7.23. The van der Waals surface area contributed by atoms with Crippen molar-refractivity contribution in [1.82, 2.24) is 0 Å². The molecule has 4 heteroatoms. The molecular formula is C26H27NO3. The number of benzene rings is 3. The molecule has 0 aliphatic heterocycles. The highest BCUT2D eigenvalue weighted by Crippen LogP contribution is 2.37. The van der Waals surface area contributed by atoms with Crippen LogP contribution in [-0.4, -0.2) is 6.72 Å². The van der Waals surface area contributed by atoms with Gasteiger partial charge in [-0.05, 0) is 28.7 Å². The molecule has 4 nitrogen and oxygen atoms in total. The third-order valence-electron chi connectivity index (χ3n) is 4.68. The van der Waals surface area contributed by atoms with Gasteiger partial charge in [0.25, 0.3) is 0 Å². The Hall–Kier alpha value is -3.53. The quantitative estimate of drug-likeness (QED) is 0.219. The fraction of sp³-hybridized carbons (Fsp3) is 0.192. The van der Waals surface area contributed by atoms with E-state index in [1.165, 1.54) is 0 Å². The van der Waals surface area contributed by atoms with Crippen LogP contribution in [0.4, 0.5) is 0 Å². The maximum Gasteiger partial charge on any atom is 0.161 e. The SMILES string of the molecule is C=NOC(=C)c1cc(C(C)C)c(OCc2ccccc2)cc1OCc1ccccc1. The molecule has 0 bridgehead atoms. The Morgan fingerprint density at radius 3 is 1.87 bits per heavy atom. The summed E-state index contributed by atoms with van der Waals surface area (Å²) in [6, 6.07) is 24.0. The molecule has 0 unspecified atom stereocenters. The van der Waals surface area contributed by atoms with Crippen molar-refractivity contribution in [2.75, 3.05) is 0 Å². The molecule has 30 heavy (non-hydrogen) atoms. The van der Waals surface area contributed by atoms with Crippen molar-refractivity contribution < 1.29 is 14.3 Å². The first kappa shape index (κ1) is 21.2. The van der Waals surface area contributed by atoms with Crippen LogP contribution < -0.4 is 9.47 Å². The molecular weight excluding hydrogens is 374 g/mol. The Morgan fingerprint density at radius 2 is 1.37 bits per heavy atom. The van der Waals surface area contributed by atoms with Crippen LogP contribution in [0.3, 0.4) is 0 Å². The standard InChI is InChI=1S/C26H27NO3/c1-19(2)23-15-24(20(3)30-27-4)26(29-18-22-13-9-6-10-14-22)16-25(23)28-17-21-11-7-5-8-12-21/h5-16,19H,3-4,17-18H2,1-2H3. The van der Waals surface area contributed by atoms with E-state index in [-0.39, 0.29) is 5.92 Å². The van der Waals surface area contributed by atoms with E-state index >= 15 is 0 Å². The summed E-state index contributed by atoms with van der Waals surface area (Å²) in [7, 11) is 0. The monoisotopic (exact) mass is 401 g/mol. The minimum absolute atomic E-state index is 0.238. The lowest BCUT2D eigenvalue weighted by Crippen LogP contribution is -2.04. The van der Waals surface area contributed by atoms with Gasteiger partial charge in [0, 0.05) is 12.8 Å². The number of rotatable bonds is 10. The third-order valence-corrected chi connectivity index (χ3v) is 4.68. The normalized spacial score (nSPS) is 10.5. The average molecular weight is 402 g/mol. The lowest BCUT2D eigenvalue weighted by atomic mass is 9.98. The van der Waals surface area contributed by atoms with E-state index in [1.54, 1.807) is 0 Å². The summed E-state index contributed by atoms with van der Waals surface area (Å²) in [5.74, 6) is 2.02. The number of ether oxygens (including phenoxy) is 2. The number of oxime groups is 1. The largest absolute Gasteiger partial charge is 0.488 e. The molecule has 0 fully saturated rings. The first-order valence-electron chi connectivity index (χ1n) is 9.92. The van der Waals surface area contributed by atoms with Crippen LogP contribution in [-0.2, 0) is 18.1 Å². The van der Waals surface area contributed by atoms with Crippen molar-refractivity contribution in [2.24, 2.45) is 5.16 Å². The summed E-state index contributed by atoms with van der Waals surface area (Å²) in [6.07, 6.45) is 0. The van der Waals surface area contributed by atoms with Gasteiger partial charge in [-0.15, -0.1) is 0 Å². The second-order valence-corrected chi connectivity index (χ2v) is 7.23. The van der Waals surface area contributed by atoms with Gasteiger partial charge in [0.15, 0.2) is 5.76 Å². The Morgan fingerprint density at radius 1 is 0.833 bits per heavy atom. The minimum atomic E-state index is 0.238. The third kappa shape index (κ3) is 5.51. The molecule has 0 amide bonds. The zero-order valence-corrected chi connectivity index (χ0v) is 17.5. The summed E-state index contributed by atoms with van der Waals surface area (Å²) < 4.78 is 12.3. The maximum absolute atomic E-state index is 6.19. The van der Waals surface area contributed by atoms with Crippen LogP contribution in [0, 0.1) is 0 Å². The predicted molar refractivity (Wildman–Crippen MR) is 122 cm³/mol. The predicted octanol–water partition coefficient (Wildman–Crippen LogP) is 6.57. The Bertz CT molecular complexity index is 982. The van der Waals surface area contributed by atoms with Gasteiger partial charge in [-0.2, -0.15) is 0 Å². The van der Waals surface area contributed by atoms with E-state index in [4.69, 9.17) is 14.3 Å². The van der Waals surface area contributed by atoms with E-state index in [1.807, 2.05) is 72.8 Å². The van der Waals surface area contributed by atoms with Crippen LogP contribution in [0.15, 0.2) is 84.5 Å². The van der Waals surface area contributed by atoms with Gasteiger partial charge in [-0.3, -0.25) is 0 Å². The number of hydrogen-bond acceptors (Lipinski definition) is 4. The molecule has 3 rings (SSSR count). The van der Waals surface area contributed by atoms with Crippen molar-refractivity contribution in [3.05, 3.63) is 102 Å². The molecule has 0 aliphatic carbocycles. The summed E-state index contributed by atoms with van der Waals surface area (Å²) >= 11 is 0. The van der Waals surface area contributed by atoms with Gasteiger partial charge in [0.2, 0.25) is 0 Å². The average Bonchev–Trinajstić information content (AvgIpc) is 2.77. The van der Waals surface area contributed by atoms with Gasteiger partial charge in [0.05, 0.1) is 5.56 Å². The topological polar surface area (TPSA) is 40.0 Å². The Kier molecular flexibility index (Phi) is 7.28. The molecule has 0 atom stereocenters. The Balaban J connectivity index is 1.93. The smallest absolute Gasteiger partial charge is 0.161 e. The zero-order valence-electron chi connectivity index (χ0n) is 17.5. The molecule has 0 radical (unpaired) electrons. The molecule has 0 saturated carbocycles. The Labute approximate surface area is 178 Å². The summed E-state index contributed by atoms with van der Waals surface area (Å²) in [4.78, 5) is 5.22. The highest BCUT2D eigenvalue weighted by Gasteiger charge is 2.18. The van der Waals surface area contributed by atoms with Gasteiger partial charge in [-0.1, -0.05) is 86.2 Å². The lowest BCUT2D eigenvalue weighted by Gasteiger charge is -2.19. The first-order chi connectivity index (χ1) is 14.6. The first-order valence-corrected chi connectivity index (χ1v) is 9.92. The molecule has 0 aliphatic rings. The van der Waals surface area contributed by atoms with Crippen molar-refractivity contribution in [1.29, 1.82) is 0 Å². The fourth-order valence-electron chi connectivity index (χ4n) is 3.09. The van der Waals surface area contributed by atoms with Gasteiger partial charge >= 0.3 is 0 Å². The molecule has 0 aromatic heterocycles. The van der Waals surface area contributed by atoms with E-state index in [9.17, 15) is 0 Å². The highest BCUT2D eigenvalue weighted by molar-refractivity contribution is 5.67. The van der Waals surface area contributed by atoms with Crippen molar-refractivity contribution >= 4 is 12.5 Å². The van der Waals surface area contributed by atoms with Crippen LogP contribution in [0.5, 0.6) is 11.5 Å². The fourth-order valence-corrected chi connectivity index (χ4v) is 3.09. The summed E-state index contributed by atoms with van der Waals surface area (Å²) in [5, 5.41) is 3.51. The van der Waals surface area contributed by atoms with Crippen molar-refractivity contribution in [3.63, 3.8) is 0 Å². The molecule has 0 saturated heterocycles.